The lowest BCUT2D eigenvalue weighted by Crippen LogP contribution is -2.58. The van der Waals surface area contributed by atoms with E-state index in [4.69, 9.17) is 10.5 Å². The van der Waals surface area contributed by atoms with Crippen LogP contribution in [0.5, 0.6) is 0 Å². The molecule has 0 aliphatic carbocycles. The van der Waals surface area contributed by atoms with Crippen LogP contribution in [0.1, 0.15) is 158 Å². The molecule has 6 N–H and O–H groups in total. The lowest BCUT2D eigenvalue weighted by atomic mass is 9.85. The number of aromatic amines is 1. The highest BCUT2D eigenvalue weighted by Gasteiger charge is 2.47. The Labute approximate surface area is 463 Å². The van der Waals surface area contributed by atoms with E-state index in [1.54, 1.807) is 12.1 Å². The maximum atomic E-state index is 14.9. The number of Topliss-reactive ketones (excluding diaryl/α,β-unsaturated/α-hetero) is 1. The van der Waals surface area contributed by atoms with Gasteiger partial charge in [-0.3, -0.25) is 43.7 Å². The van der Waals surface area contributed by atoms with Gasteiger partial charge in [-0.1, -0.05) is 97.5 Å². The Kier molecular flexibility index (Phi) is 18.0. The maximum Gasteiger partial charge on any atom is 0.270 e. The first kappa shape index (κ1) is 56.7. The van der Waals surface area contributed by atoms with Crippen molar-refractivity contribution in [2.75, 3.05) is 6.61 Å². The molecular formula is C62H67F2N7O9. The van der Waals surface area contributed by atoms with Crippen LogP contribution in [-0.4, -0.2) is 105 Å². The Morgan fingerprint density at radius 2 is 1.59 bits per heavy atom. The monoisotopic (exact) mass is 1090 g/mol. The minimum absolute atomic E-state index is 0.0146. The van der Waals surface area contributed by atoms with Crippen LogP contribution in [0.2, 0.25) is 0 Å². The number of nitrogens with one attached hydrogen (secondary N) is 4. The second-order valence-electron chi connectivity index (χ2n) is 21.5. The fourth-order valence-corrected chi connectivity index (χ4v) is 11.6. The van der Waals surface area contributed by atoms with E-state index in [2.05, 4.69) is 32.8 Å². The van der Waals surface area contributed by atoms with Gasteiger partial charge in [0.25, 0.3) is 17.7 Å². The van der Waals surface area contributed by atoms with E-state index < -0.39 is 65.7 Å². The number of nitrogens with zero attached hydrogens (tertiary/aromatic N) is 2. The van der Waals surface area contributed by atoms with Gasteiger partial charge in [-0.2, -0.15) is 0 Å². The molecule has 1 unspecified atom stereocenters. The van der Waals surface area contributed by atoms with Crippen molar-refractivity contribution in [3.63, 3.8) is 0 Å². The number of rotatable bonds is 21. The average Bonchev–Trinajstić information content (AvgIpc) is 4.25. The first-order valence-corrected chi connectivity index (χ1v) is 27.7. The second kappa shape index (κ2) is 25.4. The van der Waals surface area contributed by atoms with Gasteiger partial charge in [0.2, 0.25) is 29.5 Å². The minimum atomic E-state index is -3.10. The standard InChI is InChI=1S/C62H67F2N7O9/c1-62(63,64)42-22-25-48-41(33-42)34-51(66-48)57(75)68-50-26-24-44(80-32-13-5-3-2-4-8-19-40-20-14-21-45-47(40)37-70(60(45)78)52-29-31-56(74)69-58(52)76)35-43-23-28-53(71(43)61(50)79)59(77)67-49(27-30-55(65)73)54(72)36-46(38-15-9-6-10-16-38)39-17-11-7-12-18-39/h6-7,9-12,14-18,20-22,25,33-34,43-44,46,49-50,52-53,66H,2-5,13,23-24,26-32,35-37H2,1H3,(H2,65,73)(H,67,77)(H,68,75)(H,69,74,76)/t43-,44+,49+,50+,52?,53+/m1/s1. The Morgan fingerprint density at radius 3 is 2.30 bits per heavy atom. The maximum absolute atomic E-state index is 14.9. The zero-order valence-corrected chi connectivity index (χ0v) is 44.8. The summed E-state index contributed by atoms with van der Waals surface area (Å²) in [7, 11) is 0. The third kappa shape index (κ3) is 13.5. The number of hydrogen-bond donors (Lipinski definition) is 5. The van der Waals surface area contributed by atoms with Crippen LogP contribution >= 0.6 is 0 Å². The number of primary amides is 1. The minimum Gasteiger partial charge on any atom is -0.378 e. The van der Waals surface area contributed by atoms with Gasteiger partial charge in [0.05, 0.1) is 12.1 Å². The number of carbonyl (C=O) groups is 8. The predicted octanol–water partition coefficient (Wildman–Crippen LogP) is 7.61. The summed E-state index contributed by atoms with van der Waals surface area (Å²) in [5.74, 6) is -0.639. The summed E-state index contributed by atoms with van der Waals surface area (Å²) in [6, 6.07) is 25.7. The van der Waals surface area contributed by atoms with Gasteiger partial charge in [0.1, 0.15) is 23.8 Å². The van der Waals surface area contributed by atoms with Crippen LogP contribution in [-0.2, 0) is 46.0 Å². The van der Waals surface area contributed by atoms with E-state index >= 15 is 0 Å². The molecule has 1 aromatic heterocycles. The van der Waals surface area contributed by atoms with Crippen LogP contribution in [0, 0.1) is 11.8 Å². The van der Waals surface area contributed by atoms with Crippen molar-refractivity contribution in [2.24, 2.45) is 5.73 Å². The van der Waals surface area contributed by atoms with E-state index in [0.717, 1.165) is 54.9 Å². The van der Waals surface area contributed by atoms with Gasteiger partial charge in [-0.05, 0) is 105 Å². The number of carbonyl (C=O) groups excluding carboxylic acids is 8. The highest BCUT2D eigenvalue weighted by atomic mass is 19.3. The average molecular weight is 1090 g/mol. The largest absolute Gasteiger partial charge is 0.378 e. The van der Waals surface area contributed by atoms with Crippen LogP contribution < -0.4 is 21.7 Å². The van der Waals surface area contributed by atoms with E-state index in [1.165, 1.54) is 34.1 Å². The summed E-state index contributed by atoms with van der Waals surface area (Å²) in [5, 5.41) is 8.54. The molecule has 9 rings (SSSR count). The lowest BCUT2D eigenvalue weighted by molar-refractivity contribution is -0.144. The van der Waals surface area contributed by atoms with E-state index in [1.807, 2.05) is 66.7 Å². The van der Waals surface area contributed by atoms with Gasteiger partial charge in [0.15, 0.2) is 5.78 Å². The summed E-state index contributed by atoms with van der Waals surface area (Å²) in [6.45, 7) is 1.47. The zero-order valence-electron chi connectivity index (χ0n) is 44.8. The van der Waals surface area contributed by atoms with Gasteiger partial charge in [0, 0.05) is 85.3 Å². The third-order valence-corrected chi connectivity index (χ3v) is 15.9. The molecule has 6 atom stereocenters. The molecule has 3 saturated heterocycles. The molecule has 418 valence electrons. The van der Waals surface area contributed by atoms with Crippen molar-refractivity contribution in [3.05, 3.63) is 142 Å². The molecule has 5 aromatic rings. The molecule has 0 saturated carbocycles. The molecule has 4 aromatic carbocycles. The number of fused-ring (bicyclic) bond motifs is 3. The van der Waals surface area contributed by atoms with E-state index in [0.29, 0.717) is 48.8 Å². The molecular weight excluding hydrogens is 1020 g/mol. The molecule has 0 spiro atoms. The molecule has 4 aliphatic rings. The van der Waals surface area contributed by atoms with Gasteiger partial charge in [-0.15, -0.1) is 0 Å². The Hall–Kier alpha value is -8.04. The number of amides is 7. The van der Waals surface area contributed by atoms with Crippen LogP contribution in [0.25, 0.3) is 10.9 Å². The predicted molar refractivity (Wildman–Crippen MR) is 294 cm³/mol. The van der Waals surface area contributed by atoms with Crippen molar-refractivity contribution in [3.8, 4) is 11.8 Å². The quantitative estimate of drug-likeness (QED) is 0.0276. The number of halogens is 2. The Balaban J connectivity index is 0.848. The summed E-state index contributed by atoms with van der Waals surface area (Å²) < 4.78 is 35.0. The molecule has 4 aliphatic heterocycles. The number of piperidine rings is 1. The summed E-state index contributed by atoms with van der Waals surface area (Å²) >= 11 is 0. The molecule has 0 radical (unpaired) electrons. The number of nitrogens with two attached hydrogens (primary N) is 1. The number of unbranched alkanes of at least 4 members (excludes halogenated alkanes) is 4. The normalized spacial score (nSPS) is 20.5. The van der Waals surface area contributed by atoms with Crippen molar-refractivity contribution < 1.29 is 51.9 Å². The third-order valence-electron chi connectivity index (χ3n) is 15.9. The summed E-state index contributed by atoms with van der Waals surface area (Å²) in [5.41, 5.74) is 9.73. The van der Waals surface area contributed by atoms with Crippen molar-refractivity contribution in [1.29, 1.82) is 0 Å². The molecule has 80 heavy (non-hydrogen) atoms. The molecule has 18 heteroatoms. The highest BCUT2D eigenvalue weighted by molar-refractivity contribution is 6.06. The number of alkyl halides is 2. The highest BCUT2D eigenvalue weighted by Crippen LogP contribution is 2.35. The van der Waals surface area contributed by atoms with Gasteiger partial charge in [-0.25, -0.2) is 8.78 Å². The number of imide groups is 1. The number of hydrogen-bond acceptors (Lipinski definition) is 9. The second-order valence-corrected chi connectivity index (χ2v) is 21.5. The van der Waals surface area contributed by atoms with E-state index in [-0.39, 0.29) is 92.4 Å². The number of H-pyrrole nitrogens is 1. The molecule has 3 fully saturated rings. The first-order chi connectivity index (χ1) is 38.5. The summed E-state index contributed by atoms with van der Waals surface area (Å²) in [6.07, 6.45) is 5.59. The molecule has 16 nitrogen and oxygen atoms in total. The number of benzene rings is 4. The number of aromatic nitrogens is 1. The van der Waals surface area contributed by atoms with Gasteiger partial charge < -0.3 is 35.9 Å². The SMILES string of the molecule is CC(F)(F)c1ccc2[nH]c(C(=O)N[C@H]3CC[C@H](OCCCCCCC#Cc4cccc5c4CN(C4CCC(=O)NC4=O)C5=O)C[C@H]4CC[C@@H](C(=O)N[C@@H](CCC(N)=O)C(=O)CC(c5ccccc5)c5ccccc5)N4C3=O)cc2c1. The van der Waals surface area contributed by atoms with E-state index in [9.17, 15) is 47.1 Å². The first-order valence-electron chi connectivity index (χ1n) is 27.7. The fourth-order valence-electron chi connectivity index (χ4n) is 11.6. The van der Waals surface area contributed by atoms with Crippen LogP contribution in [0.3, 0.4) is 0 Å². The van der Waals surface area contributed by atoms with Crippen molar-refractivity contribution >= 4 is 58.0 Å². The zero-order chi connectivity index (χ0) is 56.5. The van der Waals surface area contributed by atoms with Crippen LogP contribution in [0.4, 0.5) is 8.78 Å². The molecule has 7 amide bonds. The molecule has 0 bridgehead atoms. The topological polar surface area (TPSA) is 230 Å². The molecule has 5 heterocycles. The number of ketones is 1. The Bertz CT molecular complexity index is 3160. The van der Waals surface area contributed by atoms with Gasteiger partial charge >= 0.3 is 0 Å². The lowest BCUT2D eigenvalue weighted by Gasteiger charge is -2.37. The van der Waals surface area contributed by atoms with Crippen molar-refractivity contribution in [1.82, 2.24) is 30.7 Å². The van der Waals surface area contributed by atoms with Crippen molar-refractivity contribution in [2.45, 2.75) is 158 Å². The summed E-state index contributed by atoms with van der Waals surface area (Å²) in [4.78, 5) is 114. The smallest absolute Gasteiger partial charge is 0.270 e. The Morgan fingerprint density at radius 1 is 0.850 bits per heavy atom. The fraction of sp³-hybridized carbons (Fsp3) is 0.419. The van der Waals surface area contributed by atoms with Crippen LogP contribution in [0.15, 0.2) is 103 Å². The number of ether oxygens (including phenoxy) is 1.